The van der Waals surface area contributed by atoms with Crippen LogP contribution in [0.3, 0.4) is 0 Å². The van der Waals surface area contributed by atoms with Crippen LogP contribution < -0.4 is 21.9 Å². The van der Waals surface area contributed by atoms with Gasteiger partial charge in [0.25, 0.3) is 11.5 Å². The Hall–Kier alpha value is -3.16. The summed E-state index contributed by atoms with van der Waals surface area (Å²) in [5.74, 6) is -0.940. The Kier molecular flexibility index (Phi) is 6.11. The zero-order valence-electron chi connectivity index (χ0n) is 14.7. The van der Waals surface area contributed by atoms with E-state index in [9.17, 15) is 18.8 Å². The van der Waals surface area contributed by atoms with E-state index in [1.165, 1.54) is 48.0 Å². The topological polar surface area (TPSA) is 101 Å². The molecule has 0 fully saturated rings. The summed E-state index contributed by atoms with van der Waals surface area (Å²) in [7, 11) is 1.40. The highest BCUT2D eigenvalue weighted by Gasteiger charge is 2.19. The maximum atomic E-state index is 12.9. The van der Waals surface area contributed by atoms with Crippen LogP contribution in [0.15, 0.2) is 39.9 Å². The molecular formula is C18H21FN4O3. The standard InChI is InChI=1S/C18H21FN4O3/c1-3-4-11-23-16(20)15(17(25)21-18(23)26)22(2)14(24)10-7-12-5-8-13(19)9-6-12/h5-10H,3-4,11,20H2,1-2H3,(H,21,25,26)/b10-7+. The molecule has 0 atom stereocenters. The van der Waals surface area contributed by atoms with Crippen LogP contribution in [0.2, 0.25) is 0 Å². The number of hydrogen-bond donors (Lipinski definition) is 2. The number of nitrogen functional groups attached to an aromatic ring is 1. The number of nitrogens with two attached hydrogens (primary N) is 1. The molecule has 3 N–H and O–H groups in total. The highest BCUT2D eigenvalue weighted by atomic mass is 19.1. The molecule has 138 valence electrons. The number of benzene rings is 1. The average molecular weight is 360 g/mol. The molecule has 0 radical (unpaired) electrons. The highest BCUT2D eigenvalue weighted by Crippen LogP contribution is 2.16. The van der Waals surface area contributed by atoms with Crippen molar-refractivity contribution in [1.82, 2.24) is 9.55 Å². The first-order valence-corrected chi connectivity index (χ1v) is 8.19. The lowest BCUT2D eigenvalue weighted by molar-refractivity contribution is -0.113. The number of nitrogens with zero attached hydrogens (tertiary/aromatic N) is 2. The SMILES string of the molecule is CCCCn1c(N)c(N(C)C(=O)/C=C/c2ccc(F)cc2)c(=O)[nH]c1=O. The number of anilines is 2. The normalized spacial score (nSPS) is 11.0. The molecule has 7 nitrogen and oxygen atoms in total. The number of nitrogens with one attached hydrogen (secondary N) is 1. The molecule has 0 bridgehead atoms. The summed E-state index contributed by atoms with van der Waals surface area (Å²) in [6, 6.07) is 5.59. The fourth-order valence-electron chi connectivity index (χ4n) is 2.40. The molecule has 1 amide bonds. The van der Waals surface area contributed by atoms with Crippen molar-refractivity contribution < 1.29 is 9.18 Å². The van der Waals surface area contributed by atoms with Gasteiger partial charge in [-0.15, -0.1) is 0 Å². The van der Waals surface area contributed by atoms with Crippen molar-refractivity contribution >= 4 is 23.5 Å². The maximum absolute atomic E-state index is 12.9. The van der Waals surface area contributed by atoms with Gasteiger partial charge in [-0.05, 0) is 30.2 Å². The first-order chi connectivity index (χ1) is 12.3. The second-order valence-corrected chi connectivity index (χ2v) is 5.78. The van der Waals surface area contributed by atoms with Crippen LogP contribution in [0.4, 0.5) is 15.9 Å². The number of rotatable bonds is 6. The quantitative estimate of drug-likeness (QED) is 0.766. The highest BCUT2D eigenvalue weighted by molar-refractivity contribution is 6.04. The van der Waals surface area contributed by atoms with Crippen LogP contribution in [0.5, 0.6) is 0 Å². The minimum Gasteiger partial charge on any atom is -0.383 e. The van der Waals surface area contributed by atoms with Crippen LogP contribution in [0.1, 0.15) is 25.3 Å². The summed E-state index contributed by atoms with van der Waals surface area (Å²) in [5, 5.41) is 0. The molecule has 0 aliphatic rings. The third-order valence-electron chi connectivity index (χ3n) is 3.90. The fourth-order valence-corrected chi connectivity index (χ4v) is 2.40. The molecule has 0 saturated heterocycles. The number of likely N-dealkylation sites (N-methyl/N-ethyl adjacent to an activating group) is 1. The van der Waals surface area contributed by atoms with Crippen LogP contribution in [-0.2, 0) is 11.3 Å². The monoisotopic (exact) mass is 360 g/mol. The summed E-state index contributed by atoms with van der Waals surface area (Å²) in [4.78, 5) is 39.7. The van der Waals surface area contributed by atoms with Crippen molar-refractivity contribution in [1.29, 1.82) is 0 Å². The number of hydrogen-bond acceptors (Lipinski definition) is 4. The Morgan fingerprint density at radius 1 is 1.31 bits per heavy atom. The first kappa shape index (κ1) is 19.2. The Labute approximate surface area is 149 Å². The van der Waals surface area contributed by atoms with Crippen molar-refractivity contribution in [2.45, 2.75) is 26.3 Å². The van der Waals surface area contributed by atoms with Crippen LogP contribution in [-0.4, -0.2) is 22.5 Å². The summed E-state index contributed by atoms with van der Waals surface area (Å²) < 4.78 is 14.1. The molecule has 0 spiro atoms. The predicted molar refractivity (Wildman–Crippen MR) is 99.5 cm³/mol. The second-order valence-electron chi connectivity index (χ2n) is 5.78. The van der Waals surface area contributed by atoms with Gasteiger partial charge in [0.2, 0.25) is 0 Å². The van der Waals surface area contributed by atoms with Gasteiger partial charge in [-0.1, -0.05) is 25.5 Å². The minimum atomic E-state index is -0.730. The lowest BCUT2D eigenvalue weighted by Gasteiger charge is -2.19. The molecule has 1 aromatic heterocycles. The molecule has 0 saturated carbocycles. The Morgan fingerprint density at radius 3 is 2.58 bits per heavy atom. The summed E-state index contributed by atoms with van der Waals surface area (Å²) in [6.07, 6.45) is 4.29. The number of halogens is 1. The van der Waals surface area contributed by atoms with Crippen molar-refractivity contribution in [2.24, 2.45) is 0 Å². The lowest BCUT2D eigenvalue weighted by atomic mass is 10.2. The third-order valence-corrected chi connectivity index (χ3v) is 3.90. The van der Waals surface area contributed by atoms with Gasteiger partial charge in [0.15, 0.2) is 5.69 Å². The predicted octanol–water partition coefficient (Wildman–Crippen LogP) is 1.73. The van der Waals surface area contributed by atoms with Crippen molar-refractivity contribution in [3.8, 4) is 0 Å². The van der Waals surface area contributed by atoms with Gasteiger partial charge in [-0.25, -0.2) is 9.18 Å². The molecule has 0 aliphatic heterocycles. The number of unbranched alkanes of at least 4 members (excludes halogenated alkanes) is 1. The van der Waals surface area contributed by atoms with Crippen LogP contribution >= 0.6 is 0 Å². The van der Waals surface area contributed by atoms with E-state index in [0.29, 0.717) is 18.5 Å². The van der Waals surface area contributed by atoms with E-state index in [1.54, 1.807) is 0 Å². The molecular weight excluding hydrogens is 339 g/mol. The van der Waals surface area contributed by atoms with Gasteiger partial charge in [-0.3, -0.25) is 19.1 Å². The van der Waals surface area contributed by atoms with E-state index in [2.05, 4.69) is 4.98 Å². The average Bonchev–Trinajstić information content (AvgIpc) is 2.60. The second kappa shape index (κ2) is 8.28. The smallest absolute Gasteiger partial charge is 0.330 e. The van der Waals surface area contributed by atoms with Crippen LogP contribution in [0, 0.1) is 5.82 Å². The summed E-state index contributed by atoms with van der Waals surface area (Å²) in [5.41, 5.74) is 5.18. The van der Waals surface area contributed by atoms with Crippen LogP contribution in [0.25, 0.3) is 6.08 Å². The number of aromatic amines is 1. The van der Waals surface area contributed by atoms with Gasteiger partial charge >= 0.3 is 5.69 Å². The largest absolute Gasteiger partial charge is 0.383 e. The van der Waals surface area contributed by atoms with Gasteiger partial charge in [0.05, 0.1) is 0 Å². The Bertz CT molecular complexity index is 929. The molecule has 1 heterocycles. The van der Waals surface area contributed by atoms with Gasteiger partial charge in [-0.2, -0.15) is 0 Å². The molecule has 26 heavy (non-hydrogen) atoms. The molecule has 2 aromatic rings. The summed E-state index contributed by atoms with van der Waals surface area (Å²) in [6.45, 7) is 2.31. The van der Waals surface area contributed by atoms with E-state index in [-0.39, 0.29) is 17.3 Å². The number of carbonyl (C=O) groups excluding carboxylic acids is 1. The van der Waals surface area contributed by atoms with E-state index >= 15 is 0 Å². The third kappa shape index (κ3) is 4.27. The fraction of sp³-hybridized carbons (Fsp3) is 0.278. The van der Waals surface area contributed by atoms with Gasteiger partial charge in [0, 0.05) is 19.7 Å². The van der Waals surface area contributed by atoms with Gasteiger partial charge < -0.3 is 10.6 Å². The van der Waals surface area contributed by atoms with Crippen molar-refractivity contribution in [2.75, 3.05) is 17.7 Å². The minimum absolute atomic E-state index is 0.0572. The van der Waals surface area contributed by atoms with E-state index in [1.807, 2.05) is 6.92 Å². The number of H-pyrrole nitrogens is 1. The Morgan fingerprint density at radius 2 is 1.96 bits per heavy atom. The van der Waals surface area contributed by atoms with E-state index < -0.39 is 17.2 Å². The number of amides is 1. The van der Waals surface area contributed by atoms with Crippen molar-refractivity contribution in [3.05, 3.63) is 62.6 Å². The zero-order valence-corrected chi connectivity index (χ0v) is 14.7. The summed E-state index contributed by atoms with van der Waals surface area (Å²) >= 11 is 0. The van der Waals surface area contributed by atoms with E-state index in [0.717, 1.165) is 11.3 Å². The molecule has 2 rings (SSSR count). The lowest BCUT2D eigenvalue weighted by Crippen LogP contribution is -2.38. The molecule has 0 unspecified atom stereocenters. The zero-order chi connectivity index (χ0) is 19.3. The number of carbonyl (C=O) groups is 1. The molecule has 1 aromatic carbocycles. The van der Waals surface area contributed by atoms with Gasteiger partial charge in [0.1, 0.15) is 11.6 Å². The Balaban J connectivity index is 2.31. The van der Waals surface area contributed by atoms with Crippen molar-refractivity contribution in [3.63, 3.8) is 0 Å². The van der Waals surface area contributed by atoms with E-state index in [4.69, 9.17) is 5.73 Å². The molecule has 0 aliphatic carbocycles. The number of aromatic nitrogens is 2. The molecule has 8 heteroatoms. The maximum Gasteiger partial charge on any atom is 0.330 e. The first-order valence-electron chi connectivity index (χ1n) is 8.19.